The van der Waals surface area contributed by atoms with Crippen LogP contribution in [-0.2, 0) is 0 Å². The SMILES string of the molecule is CC1CC(C)CC(C#N)(N2CCCCCC2)C1. The van der Waals surface area contributed by atoms with Gasteiger partial charge < -0.3 is 0 Å². The molecule has 2 nitrogen and oxygen atoms in total. The fraction of sp³-hybridized carbons (Fsp3) is 0.933. The molecule has 0 radical (unpaired) electrons. The van der Waals surface area contributed by atoms with Gasteiger partial charge in [0, 0.05) is 0 Å². The second kappa shape index (κ2) is 5.40. The summed E-state index contributed by atoms with van der Waals surface area (Å²) in [6.45, 7) is 6.93. The van der Waals surface area contributed by atoms with Gasteiger partial charge in [0.1, 0.15) is 5.54 Å². The van der Waals surface area contributed by atoms with Crippen molar-refractivity contribution in [3.63, 3.8) is 0 Å². The summed E-state index contributed by atoms with van der Waals surface area (Å²) in [6.07, 6.45) is 8.75. The van der Waals surface area contributed by atoms with Crippen molar-refractivity contribution >= 4 is 0 Å². The van der Waals surface area contributed by atoms with Crippen molar-refractivity contribution in [2.75, 3.05) is 13.1 Å². The quantitative estimate of drug-likeness (QED) is 0.693. The Kier molecular flexibility index (Phi) is 4.09. The molecule has 1 heterocycles. The van der Waals surface area contributed by atoms with Crippen LogP contribution in [0.2, 0.25) is 0 Å². The van der Waals surface area contributed by atoms with Crippen LogP contribution >= 0.6 is 0 Å². The lowest BCUT2D eigenvalue weighted by molar-refractivity contribution is 0.0587. The van der Waals surface area contributed by atoms with Crippen molar-refractivity contribution in [2.45, 2.75) is 64.3 Å². The molecule has 2 atom stereocenters. The minimum atomic E-state index is -0.137. The summed E-state index contributed by atoms with van der Waals surface area (Å²) in [7, 11) is 0. The monoisotopic (exact) mass is 234 g/mol. The molecular formula is C15H26N2. The molecule has 2 unspecified atom stereocenters. The third kappa shape index (κ3) is 2.83. The molecule has 1 aliphatic heterocycles. The van der Waals surface area contributed by atoms with Crippen molar-refractivity contribution < 1.29 is 0 Å². The fourth-order valence-corrected chi connectivity index (χ4v) is 4.01. The lowest BCUT2D eigenvalue weighted by Gasteiger charge is -2.45. The Balaban J connectivity index is 2.14. The Bertz CT molecular complexity index is 274. The molecule has 2 aliphatic rings. The van der Waals surface area contributed by atoms with Gasteiger partial charge in [0.2, 0.25) is 0 Å². The second-order valence-electron chi connectivity index (χ2n) is 6.40. The average Bonchev–Trinajstić information content (AvgIpc) is 2.56. The van der Waals surface area contributed by atoms with Gasteiger partial charge in [-0.25, -0.2) is 0 Å². The van der Waals surface area contributed by atoms with E-state index in [2.05, 4.69) is 24.8 Å². The van der Waals surface area contributed by atoms with Gasteiger partial charge in [0.25, 0.3) is 0 Å². The molecule has 0 aromatic heterocycles. The Morgan fingerprint density at radius 2 is 1.53 bits per heavy atom. The van der Waals surface area contributed by atoms with Gasteiger partial charge in [-0.05, 0) is 57.0 Å². The van der Waals surface area contributed by atoms with Gasteiger partial charge in [0.15, 0.2) is 0 Å². The highest BCUT2D eigenvalue weighted by Crippen LogP contribution is 2.40. The van der Waals surface area contributed by atoms with Crippen LogP contribution in [0, 0.1) is 23.2 Å². The predicted octanol–water partition coefficient (Wildman–Crippen LogP) is 3.58. The minimum Gasteiger partial charge on any atom is -0.286 e. The molecule has 17 heavy (non-hydrogen) atoms. The Morgan fingerprint density at radius 1 is 1.00 bits per heavy atom. The van der Waals surface area contributed by atoms with E-state index in [1.165, 1.54) is 32.1 Å². The first-order chi connectivity index (χ1) is 8.16. The highest BCUT2D eigenvalue weighted by Gasteiger charge is 2.42. The highest BCUT2D eigenvalue weighted by atomic mass is 15.2. The van der Waals surface area contributed by atoms with Crippen LogP contribution in [0.5, 0.6) is 0 Å². The first-order valence-electron chi connectivity index (χ1n) is 7.32. The molecule has 2 rings (SSSR count). The topological polar surface area (TPSA) is 27.0 Å². The van der Waals surface area contributed by atoms with Gasteiger partial charge in [0.05, 0.1) is 6.07 Å². The van der Waals surface area contributed by atoms with E-state index in [0.29, 0.717) is 11.8 Å². The van der Waals surface area contributed by atoms with Crippen molar-refractivity contribution in [3.8, 4) is 6.07 Å². The summed E-state index contributed by atoms with van der Waals surface area (Å²) < 4.78 is 0. The van der Waals surface area contributed by atoms with Gasteiger partial charge in [-0.15, -0.1) is 0 Å². The van der Waals surface area contributed by atoms with Crippen LogP contribution in [0.15, 0.2) is 0 Å². The number of nitrogens with zero attached hydrogens (tertiary/aromatic N) is 2. The van der Waals surface area contributed by atoms with Crippen LogP contribution in [0.25, 0.3) is 0 Å². The molecule has 1 saturated carbocycles. The third-order valence-corrected chi connectivity index (χ3v) is 4.60. The number of rotatable bonds is 1. The van der Waals surface area contributed by atoms with E-state index in [1.807, 2.05) is 0 Å². The normalized spacial score (nSPS) is 40.5. The van der Waals surface area contributed by atoms with Crippen LogP contribution in [0.4, 0.5) is 0 Å². The van der Waals surface area contributed by atoms with Crippen molar-refractivity contribution in [3.05, 3.63) is 0 Å². The van der Waals surface area contributed by atoms with Gasteiger partial charge in [-0.1, -0.05) is 26.7 Å². The first kappa shape index (κ1) is 12.9. The minimum absolute atomic E-state index is 0.137. The maximum atomic E-state index is 9.73. The maximum Gasteiger partial charge on any atom is 0.109 e. The molecule has 96 valence electrons. The zero-order valence-electron chi connectivity index (χ0n) is 11.4. The van der Waals surface area contributed by atoms with Gasteiger partial charge >= 0.3 is 0 Å². The largest absolute Gasteiger partial charge is 0.286 e. The molecule has 1 aliphatic carbocycles. The molecule has 0 aromatic rings. The maximum absolute atomic E-state index is 9.73. The average molecular weight is 234 g/mol. The van der Waals surface area contributed by atoms with E-state index in [1.54, 1.807) is 0 Å². The molecular weight excluding hydrogens is 208 g/mol. The van der Waals surface area contributed by atoms with Crippen molar-refractivity contribution in [2.24, 2.45) is 11.8 Å². The van der Waals surface area contributed by atoms with E-state index in [-0.39, 0.29) is 5.54 Å². The van der Waals surface area contributed by atoms with Crippen molar-refractivity contribution in [1.82, 2.24) is 4.90 Å². The Hall–Kier alpha value is -0.550. The summed E-state index contributed by atoms with van der Waals surface area (Å²) in [5.41, 5.74) is -0.137. The van der Waals surface area contributed by atoms with Crippen LogP contribution in [0.3, 0.4) is 0 Å². The number of nitriles is 1. The summed E-state index contributed by atoms with van der Waals surface area (Å²) in [4.78, 5) is 2.52. The fourth-order valence-electron chi connectivity index (χ4n) is 4.01. The molecule has 0 amide bonds. The second-order valence-corrected chi connectivity index (χ2v) is 6.40. The molecule has 0 aromatic carbocycles. The zero-order chi connectivity index (χ0) is 12.3. The zero-order valence-corrected chi connectivity index (χ0v) is 11.4. The lowest BCUT2D eigenvalue weighted by Crippen LogP contribution is -2.52. The summed E-state index contributed by atoms with van der Waals surface area (Å²) in [5, 5.41) is 9.73. The summed E-state index contributed by atoms with van der Waals surface area (Å²) in [5.74, 6) is 1.42. The van der Waals surface area contributed by atoms with Gasteiger partial charge in [-0.2, -0.15) is 5.26 Å². The Labute approximate surface area is 106 Å². The van der Waals surface area contributed by atoms with E-state index in [9.17, 15) is 5.26 Å². The van der Waals surface area contributed by atoms with E-state index < -0.39 is 0 Å². The molecule has 0 N–H and O–H groups in total. The molecule has 1 saturated heterocycles. The smallest absolute Gasteiger partial charge is 0.109 e. The van der Waals surface area contributed by atoms with E-state index in [0.717, 1.165) is 25.9 Å². The molecule has 2 fully saturated rings. The first-order valence-corrected chi connectivity index (χ1v) is 7.32. The molecule has 0 bridgehead atoms. The van der Waals surface area contributed by atoms with Crippen LogP contribution in [-0.4, -0.2) is 23.5 Å². The molecule has 0 spiro atoms. The summed E-state index contributed by atoms with van der Waals surface area (Å²) >= 11 is 0. The lowest BCUT2D eigenvalue weighted by atomic mass is 9.71. The number of hydrogen-bond donors (Lipinski definition) is 0. The third-order valence-electron chi connectivity index (χ3n) is 4.60. The molecule has 2 heteroatoms. The highest BCUT2D eigenvalue weighted by molar-refractivity contribution is 5.11. The number of likely N-dealkylation sites (tertiary alicyclic amines) is 1. The van der Waals surface area contributed by atoms with Crippen molar-refractivity contribution in [1.29, 1.82) is 5.26 Å². The summed E-state index contributed by atoms with van der Waals surface area (Å²) in [6, 6.07) is 2.70. The van der Waals surface area contributed by atoms with E-state index in [4.69, 9.17) is 0 Å². The predicted molar refractivity (Wildman–Crippen MR) is 70.6 cm³/mol. The van der Waals surface area contributed by atoms with E-state index >= 15 is 0 Å². The van der Waals surface area contributed by atoms with Gasteiger partial charge in [-0.3, -0.25) is 4.90 Å². The van der Waals surface area contributed by atoms with Crippen LogP contribution in [0.1, 0.15) is 58.8 Å². The van der Waals surface area contributed by atoms with Crippen LogP contribution < -0.4 is 0 Å². The Morgan fingerprint density at radius 3 is 2.00 bits per heavy atom. The number of hydrogen-bond acceptors (Lipinski definition) is 2. The standard InChI is InChI=1S/C15H26N2/c1-13-9-14(2)11-15(10-13,12-16)17-7-5-3-4-6-8-17/h13-14H,3-11H2,1-2H3.